The topological polar surface area (TPSA) is 51.6 Å². The lowest BCUT2D eigenvalue weighted by molar-refractivity contribution is -0.139. The van der Waals surface area contributed by atoms with E-state index in [9.17, 15) is 5.11 Å². The van der Waals surface area contributed by atoms with Gasteiger partial charge in [0.1, 0.15) is 5.75 Å². The van der Waals surface area contributed by atoms with Crippen molar-refractivity contribution >= 4 is 11.3 Å². The van der Waals surface area contributed by atoms with Gasteiger partial charge in [-0.1, -0.05) is 18.2 Å². The van der Waals surface area contributed by atoms with Gasteiger partial charge in [-0.2, -0.15) is 0 Å². The molecule has 2 heterocycles. The molecule has 1 aromatic heterocycles. The lowest BCUT2D eigenvalue weighted by Crippen LogP contribution is -2.38. The molecule has 1 N–H and O–H groups in total. The summed E-state index contributed by atoms with van der Waals surface area (Å²) in [7, 11) is 1.60. The number of para-hydroxylation sites is 1. The average molecular weight is 277 g/mol. The van der Waals surface area contributed by atoms with Gasteiger partial charge < -0.3 is 14.6 Å². The summed E-state index contributed by atoms with van der Waals surface area (Å²) >= 11 is 1.58. The van der Waals surface area contributed by atoms with Gasteiger partial charge in [0.15, 0.2) is 0 Å². The Morgan fingerprint density at radius 2 is 2.26 bits per heavy atom. The summed E-state index contributed by atoms with van der Waals surface area (Å²) in [4.78, 5) is 4.27. The molecule has 19 heavy (non-hydrogen) atoms. The molecule has 0 aliphatic carbocycles. The van der Waals surface area contributed by atoms with E-state index >= 15 is 0 Å². The number of ether oxygens (including phenoxy) is 2. The Labute approximate surface area is 115 Å². The molecule has 5 heteroatoms. The first kappa shape index (κ1) is 12.6. The van der Waals surface area contributed by atoms with Crippen LogP contribution in [0.1, 0.15) is 16.7 Å². The van der Waals surface area contributed by atoms with Crippen molar-refractivity contribution in [3.63, 3.8) is 0 Å². The highest BCUT2D eigenvalue weighted by Crippen LogP contribution is 2.40. The summed E-state index contributed by atoms with van der Waals surface area (Å²) in [6, 6.07) is 7.53. The zero-order valence-corrected chi connectivity index (χ0v) is 11.3. The molecule has 0 fully saturated rings. The fourth-order valence-corrected chi connectivity index (χ4v) is 3.10. The molecule has 0 saturated carbocycles. The smallest absolute Gasteiger partial charge is 0.205 e. The van der Waals surface area contributed by atoms with Crippen molar-refractivity contribution in [3.05, 3.63) is 46.4 Å². The maximum absolute atomic E-state index is 10.5. The number of methoxy groups -OCH3 is 1. The van der Waals surface area contributed by atoms with Crippen molar-refractivity contribution in [1.29, 1.82) is 0 Å². The predicted molar refractivity (Wildman–Crippen MR) is 72.1 cm³/mol. The van der Waals surface area contributed by atoms with Gasteiger partial charge in [-0.15, -0.1) is 11.3 Å². The van der Waals surface area contributed by atoms with Crippen LogP contribution >= 0.6 is 11.3 Å². The molecule has 0 saturated heterocycles. The molecule has 0 amide bonds. The summed E-state index contributed by atoms with van der Waals surface area (Å²) in [5.74, 6) is 0.545. The normalized spacial score (nSPS) is 25.7. The second kappa shape index (κ2) is 5.28. The molecule has 3 rings (SSSR count). The van der Waals surface area contributed by atoms with Crippen LogP contribution in [0.5, 0.6) is 5.75 Å². The second-order valence-corrected chi connectivity index (χ2v) is 5.48. The Balaban J connectivity index is 1.90. The van der Waals surface area contributed by atoms with E-state index in [1.54, 1.807) is 24.6 Å². The zero-order valence-electron chi connectivity index (χ0n) is 10.5. The highest BCUT2D eigenvalue weighted by molar-refractivity contribution is 7.09. The van der Waals surface area contributed by atoms with Crippen LogP contribution in [-0.2, 0) is 11.2 Å². The molecular formula is C14H15NO3S. The lowest BCUT2D eigenvalue weighted by atomic mass is 9.89. The molecule has 2 aromatic rings. The maximum atomic E-state index is 10.5. The van der Waals surface area contributed by atoms with E-state index in [2.05, 4.69) is 4.98 Å². The number of hydrogen-bond donors (Lipinski definition) is 1. The Morgan fingerprint density at radius 3 is 3.00 bits per heavy atom. The molecule has 4 nitrogen and oxygen atoms in total. The minimum Gasteiger partial charge on any atom is -0.464 e. The minimum atomic E-state index is -0.598. The van der Waals surface area contributed by atoms with Crippen LogP contribution in [-0.4, -0.2) is 23.5 Å². The van der Waals surface area contributed by atoms with Gasteiger partial charge in [-0.3, -0.25) is 0 Å². The number of aliphatic hydroxyl groups is 1. The van der Waals surface area contributed by atoms with E-state index < -0.39 is 12.4 Å². The number of rotatable bonds is 3. The van der Waals surface area contributed by atoms with E-state index in [-0.39, 0.29) is 5.92 Å². The first-order chi connectivity index (χ1) is 9.29. The monoisotopic (exact) mass is 277 g/mol. The zero-order chi connectivity index (χ0) is 13.2. The number of hydrogen-bond acceptors (Lipinski definition) is 5. The van der Waals surface area contributed by atoms with Crippen molar-refractivity contribution in [2.75, 3.05) is 7.11 Å². The van der Waals surface area contributed by atoms with Gasteiger partial charge in [0, 0.05) is 30.7 Å². The van der Waals surface area contributed by atoms with Gasteiger partial charge in [0.2, 0.25) is 6.29 Å². The van der Waals surface area contributed by atoms with Crippen LogP contribution in [0, 0.1) is 5.92 Å². The van der Waals surface area contributed by atoms with E-state index in [1.807, 2.05) is 29.6 Å². The van der Waals surface area contributed by atoms with Crippen molar-refractivity contribution in [2.24, 2.45) is 5.92 Å². The highest BCUT2D eigenvalue weighted by atomic mass is 32.1. The van der Waals surface area contributed by atoms with Crippen LogP contribution in [0.15, 0.2) is 35.8 Å². The molecule has 1 aliphatic rings. The second-order valence-electron chi connectivity index (χ2n) is 4.50. The minimum absolute atomic E-state index is 0.147. The molecule has 1 aromatic carbocycles. The SMILES string of the molecule is COC1Oc2ccccc2C(O)C1Cc1nccs1. The number of benzene rings is 1. The third-order valence-electron chi connectivity index (χ3n) is 3.36. The largest absolute Gasteiger partial charge is 0.464 e. The van der Waals surface area contributed by atoms with E-state index in [0.717, 1.165) is 10.6 Å². The number of thiazole rings is 1. The van der Waals surface area contributed by atoms with Gasteiger partial charge in [-0.25, -0.2) is 4.98 Å². The molecule has 0 spiro atoms. The van der Waals surface area contributed by atoms with Gasteiger partial charge in [-0.05, 0) is 6.07 Å². The number of aromatic nitrogens is 1. The van der Waals surface area contributed by atoms with E-state index in [1.165, 1.54) is 0 Å². The van der Waals surface area contributed by atoms with Crippen LogP contribution in [0.25, 0.3) is 0 Å². The van der Waals surface area contributed by atoms with E-state index in [0.29, 0.717) is 12.2 Å². The summed E-state index contributed by atoms with van der Waals surface area (Å²) in [6.07, 6.45) is 1.37. The van der Waals surface area contributed by atoms with Crippen molar-refractivity contribution in [2.45, 2.75) is 18.8 Å². The van der Waals surface area contributed by atoms with Crippen LogP contribution in [0.4, 0.5) is 0 Å². The maximum Gasteiger partial charge on any atom is 0.205 e. The summed E-state index contributed by atoms with van der Waals surface area (Å²) in [5, 5.41) is 13.5. The third-order valence-corrected chi connectivity index (χ3v) is 4.16. The fourth-order valence-electron chi connectivity index (χ4n) is 2.41. The summed E-state index contributed by atoms with van der Waals surface area (Å²) < 4.78 is 11.2. The number of fused-ring (bicyclic) bond motifs is 1. The van der Waals surface area contributed by atoms with Gasteiger partial charge >= 0.3 is 0 Å². The highest BCUT2D eigenvalue weighted by Gasteiger charge is 2.37. The molecule has 100 valence electrons. The summed E-state index contributed by atoms with van der Waals surface area (Å²) in [6.45, 7) is 0. The number of nitrogens with zero attached hydrogens (tertiary/aromatic N) is 1. The first-order valence-electron chi connectivity index (χ1n) is 6.14. The van der Waals surface area contributed by atoms with Gasteiger partial charge in [0.05, 0.1) is 17.0 Å². The van der Waals surface area contributed by atoms with Crippen molar-refractivity contribution in [3.8, 4) is 5.75 Å². The standard InChI is InChI=1S/C14H15NO3S/c1-17-14-10(8-12-15-6-7-19-12)13(16)9-4-2-3-5-11(9)18-14/h2-7,10,13-14,16H,8H2,1H3. The Morgan fingerprint density at radius 1 is 1.42 bits per heavy atom. The third kappa shape index (κ3) is 2.36. The Kier molecular flexibility index (Phi) is 3.50. The Hall–Kier alpha value is -1.43. The average Bonchev–Trinajstić information content (AvgIpc) is 2.95. The molecular weight excluding hydrogens is 262 g/mol. The number of aliphatic hydroxyl groups excluding tert-OH is 1. The van der Waals surface area contributed by atoms with Crippen LogP contribution in [0.3, 0.4) is 0 Å². The van der Waals surface area contributed by atoms with Crippen LogP contribution < -0.4 is 4.74 Å². The predicted octanol–water partition coefficient (Wildman–Crippen LogP) is 2.40. The molecule has 0 bridgehead atoms. The fraction of sp³-hybridized carbons (Fsp3) is 0.357. The van der Waals surface area contributed by atoms with E-state index in [4.69, 9.17) is 9.47 Å². The Bertz CT molecular complexity index is 543. The summed E-state index contributed by atoms with van der Waals surface area (Å²) in [5.41, 5.74) is 0.817. The quantitative estimate of drug-likeness (QED) is 0.936. The molecule has 3 unspecified atom stereocenters. The van der Waals surface area contributed by atoms with Crippen molar-refractivity contribution < 1.29 is 14.6 Å². The molecule has 1 aliphatic heterocycles. The first-order valence-corrected chi connectivity index (χ1v) is 7.02. The molecule has 3 atom stereocenters. The molecule has 0 radical (unpaired) electrons. The van der Waals surface area contributed by atoms with Gasteiger partial charge in [0.25, 0.3) is 0 Å². The lowest BCUT2D eigenvalue weighted by Gasteiger charge is -2.35. The van der Waals surface area contributed by atoms with Crippen molar-refractivity contribution in [1.82, 2.24) is 4.98 Å². The van der Waals surface area contributed by atoms with Crippen LogP contribution in [0.2, 0.25) is 0 Å².